The van der Waals surface area contributed by atoms with Gasteiger partial charge in [0.2, 0.25) is 0 Å². The molecule has 1 heterocycles. The molecule has 3 rings (SSSR count). The Kier molecular flexibility index (Phi) is 5.35. The summed E-state index contributed by atoms with van der Waals surface area (Å²) >= 11 is 0. The van der Waals surface area contributed by atoms with E-state index in [2.05, 4.69) is 52.8 Å². The van der Waals surface area contributed by atoms with Crippen molar-refractivity contribution in [1.82, 2.24) is 4.90 Å². The third-order valence-corrected chi connectivity index (χ3v) is 5.65. The SMILES string of the molecule is Cc1cc(CN(C(=O)OC(C)(C)C)C2CC2)cc(B2OC(C)(C)C(C)(C)O2)c1. The van der Waals surface area contributed by atoms with Gasteiger partial charge in [0.05, 0.1) is 11.2 Å². The molecule has 1 saturated heterocycles. The van der Waals surface area contributed by atoms with Gasteiger partial charge in [-0.15, -0.1) is 0 Å². The van der Waals surface area contributed by atoms with Gasteiger partial charge in [-0.05, 0) is 79.3 Å². The molecule has 0 aromatic heterocycles. The van der Waals surface area contributed by atoms with Gasteiger partial charge in [0.1, 0.15) is 5.60 Å². The smallest absolute Gasteiger partial charge is 0.444 e. The number of hydrogen-bond donors (Lipinski definition) is 0. The summed E-state index contributed by atoms with van der Waals surface area (Å²) in [4.78, 5) is 14.6. The van der Waals surface area contributed by atoms with Gasteiger partial charge in [0.15, 0.2) is 0 Å². The predicted molar refractivity (Wildman–Crippen MR) is 112 cm³/mol. The summed E-state index contributed by atoms with van der Waals surface area (Å²) in [5, 5.41) is 0. The Hall–Kier alpha value is -1.53. The highest BCUT2D eigenvalue weighted by molar-refractivity contribution is 6.62. The van der Waals surface area contributed by atoms with Crippen LogP contribution in [0.1, 0.15) is 72.4 Å². The molecule has 5 nitrogen and oxygen atoms in total. The van der Waals surface area contributed by atoms with Gasteiger partial charge in [0, 0.05) is 12.6 Å². The van der Waals surface area contributed by atoms with E-state index in [0.717, 1.165) is 29.4 Å². The first-order valence-corrected chi connectivity index (χ1v) is 10.2. The summed E-state index contributed by atoms with van der Waals surface area (Å²) in [6, 6.07) is 6.58. The van der Waals surface area contributed by atoms with Gasteiger partial charge >= 0.3 is 13.2 Å². The second kappa shape index (κ2) is 7.07. The number of nitrogens with zero attached hydrogens (tertiary/aromatic N) is 1. The van der Waals surface area contributed by atoms with E-state index in [1.165, 1.54) is 0 Å². The zero-order valence-electron chi connectivity index (χ0n) is 18.6. The molecule has 28 heavy (non-hydrogen) atoms. The lowest BCUT2D eigenvalue weighted by atomic mass is 9.77. The van der Waals surface area contributed by atoms with Crippen molar-refractivity contribution in [1.29, 1.82) is 0 Å². The monoisotopic (exact) mass is 387 g/mol. The molecule has 1 saturated carbocycles. The molecule has 0 atom stereocenters. The minimum Gasteiger partial charge on any atom is -0.444 e. The van der Waals surface area contributed by atoms with E-state index in [1.54, 1.807) is 0 Å². The maximum absolute atomic E-state index is 12.7. The van der Waals surface area contributed by atoms with Gasteiger partial charge in [0.25, 0.3) is 0 Å². The Balaban J connectivity index is 1.80. The van der Waals surface area contributed by atoms with Crippen molar-refractivity contribution in [3.8, 4) is 0 Å². The number of carbonyl (C=O) groups excluding carboxylic acids is 1. The van der Waals surface area contributed by atoms with Crippen LogP contribution in [0.4, 0.5) is 4.79 Å². The molecule has 0 radical (unpaired) electrons. The summed E-state index contributed by atoms with van der Waals surface area (Å²) in [6.07, 6.45) is 1.83. The fourth-order valence-corrected chi connectivity index (χ4v) is 3.35. The number of ether oxygens (including phenoxy) is 1. The van der Waals surface area contributed by atoms with Crippen molar-refractivity contribution >= 4 is 18.7 Å². The third kappa shape index (κ3) is 4.72. The second-order valence-electron chi connectivity index (χ2n) is 10.2. The molecule has 1 aliphatic carbocycles. The quantitative estimate of drug-likeness (QED) is 0.727. The highest BCUT2D eigenvalue weighted by Crippen LogP contribution is 2.36. The van der Waals surface area contributed by atoms with Crippen LogP contribution in [0.5, 0.6) is 0 Å². The summed E-state index contributed by atoms with van der Waals surface area (Å²) < 4.78 is 18.0. The fourth-order valence-electron chi connectivity index (χ4n) is 3.35. The average Bonchev–Trinajstić information content (AvgIpc) is 3.30. The molecular weight excluding hydrogens is 353 g/mol. The van der Waals surface area contributed by atoms with Crippen molar-refractivity contribution in [2.24, 2.45) is 0 Å². The van der Waals surface area contributed by atoms with E-state index >= 15 is 0 Å². The minimum atomic E-state index is -0.495. The van der Waals surface area contributed by atoms with E-state index < -0.39 is 12.7 Å². The van der Waals surface area contributed by atoms with E-state index in [-0.39, 0.29) is 23.3 Å². The Bertz CT molecular complexity index is 733. The van der Waals surface area contributed by atoms with Gasteiger partial charge in [-0.3, -0.25) is 0 Å². The normalized spacial score (nSPS) is 20.9. The maximum atomic E-state index is 12.7. The van der Waals surface area contributed by atoms with Crippen LogP contribution in [-0.2, 0) is 20.6 Å². The number of rotatable bonds is 4. The number of hydrogen-bond acceptors (Lipinski definition) is 4. The summed E-state index contributed by atoms with van der Waals surface area (Å²) in [6.45, 7) is 16.5. The van der Waals surface area contributed by atoms with Crippen LogP contribution in [0.15, 0.2) is 18.2 Å². The van der Waals surface area contributed by atoms with E-state index in [9.17, 15) is 4.79 Å². The molecule has 1 aliphatic heterocycles. The molecule has 6 heteroatoms. The molecule has 2 fully saturated rings. The first-order chi connectivity index (χ1) is 12.8. The van der Waals surface area contributed by atoms with Gasteiger partial charge < -0.3 is 18.9 Å². The lowest BCUT2D eigenvalue weighted by molar-refractivity contribution is 0.00578. The van der Waals surface area contributed by atoms with Crippen LogP contribution in [-0.4, -0.2) is 41.0 Å². The Morgan fingerprint density at radius 1 is 1.14 bits per heavy atom. The largest absolute Gasteiger partial charge is 0.494 e. The first kappa shape index (κ1) is 21.2. The first-order valence-electron chi connectivity index (χ1n) is 10.2. The lowest BCUT2D eigenvalue weighted by Gasteiger charge is -2.32. The number of benzene rings is 1. The van der Waals surface area contributed by atoms with Gasteiger partial charge in [-0.1, -0.05) is 23.8 Å². The van der Waals surface area contributed by atoms with Crippen LogP contribution in [0.3, 0.4) is 0 Å². The van der Waals surface area contributed by atoms with Crippen molar-refractivity contribution in [3.63, 3.8) is 0 Å². The number of carbonyl (C=O) groups is 1. The Morgan fingerprint density at radius 3 is 2.21 bits per heavy atom. The van der Waals surface area contributed by atoms with E-state index in [0.29, 0.717) is 6.54 Å². The van der Waals surface area contributed by atoms with E-state index in [1.807, 2.05) is 25.7 Å². The predicted octanol–water partition coefficient (Wildman–Crippen LogP) is 4.19. The van der Waals surface area contributed by atoms with Gasteiger partial charge in [-0.25, -0.2) is 4.79 Å². The Morgan fingerprint density at radius 2 is 1.71 bits per heavy atom. The zero-order valence-corrected chi connectivity index (χ0v) is 18.6. The topological polar surface area (TPSA) is 48.0 Å². The molecule has 1 aromatic rings. The summed E-state index contributed by atoms with van der Waals surface area (Å²) in [7, 11) is -0.403. The lowest BCUT2D eigenvalue weighted by Crippen LogP contribution is -2.41. The van der Waals surface area contributed by atoms with Crippen molar-refractivity contribution in [3.05, 3.63) is 29.3 Å². The molecule has 154 valence electrons. The molecule has 0 bridgehead atoms. The Labute approximate surface area is 169 Å². The van der Waals surface area contributed by atoms with E-state index in [4.69, 9.17) is 14.0 Å². The van der Waals surface area contributed by atoms with Crippen molar-refractivity contribution in [2.45, 2.75) is 97.6 Å². The highest BCUT2D eigenvalue weighted by Gasteiger charge is 2.51. The number of aryl methyl sites for hydroxylation is 1. The van der Waals surface area contributed by atoms with Crippen molar-refractivity contribution in [2.75, 3.05) is 0 Å². The van der Waals surface area contributed by atoms with Crippen LogP contribution < -0.4 is 5.46 Å². The second-order valence-corrected chi connectivity index (χ2v) is 10.2. The van der Waals surface area contributed by atoms with Crippen LogP contribution >= 0.6 is 0 Å². The molecule has 0 N–H and O–H groups in total. The fraction of sp³-hybridized carbons (Fsp3) is 0.682. The molecule has 1 aromatic carbocycles. The molecule has 0 unspecified atom stereocenters. The van der Waals surface area contributed by atoms with Crippen molar-refractivity contribution < 1.29 is 18.8 Å². The number of amides is 1. The van der Waals surface area contributed by atoms with Gasteiger partial charge in [-0.2, -0.15) is 0 Å². The minimum absolute atomic E-state index is 0.242. The zero-order chi connectivity index (χ0) is 20.9. The summed E-state index contributed by atoms with van der Waals surface area (Å²) in [5.74, 6) is 0. The molecular formula is C22H34BNO4. The van der Waals surface area contributed by atoms with Crippen LogP contribution in [0.2, 0.25) is 0 Å². The maximum Gasteiger partial charge on any atom is 0.494 e. The average molecular weight is 387 g/mol. The summed E-state index contributed by atoms with van der Waals surface area (Å²) in [5.41, 5.74) is 1.94. The third-order valence-electron chi connectivity index (χ3n) is 5.65. The van der Waals surface area contributed by atoms with Crippen LogP contribution in [0, 0.1) is 6.92 Å². The molecule has 1 amide bonds. The van der Waals surface area contributed by atoms with Crippen LogP contribution in [0.25, 0.3) is 0 Å². The highest BCUT2D eigenvalue weighted by atomic mass is 16.7. The standard InChI is InChI=1S/C22H34BNO4/c1-15-11-16(14-24(18-9-10-18)19(25)26-20(2,3)4)13-17(12-15)23-27-21(5,6)22(7,8)28-23/h11-13,18H,9-10,14H2,1-8H3. The molecule has 2 aliphatic rings. The molecule has 0 spiro atoms.